The summed E-state index contributed by atoms with van der Waals surface area (Å²) in [6.45, 7) is 2.84. The van der Waals surface area contributed by atoms with E-state index in [0.717, 1.165) is 5.56 Å². The molecule has 1 fully saturated rings. The molecule has 8 nitrogen and oxygen atoms in total. The molecule has 2 aliphatic heterocycles. The van der Waals surface area contributed by atoms with Gasteiger partial charge in [0, 0.05) is 12.1 Å². The molecule has 0 aliphatic carbocycles. The van der Waals surface area contributed by atoms with Crippen molar-refractivity contribution in [3.8, 4) is 17.2 Å². The third-order valence-corrected chi connectivity index (χ3v) is 6.84. The molecule has 0 saturated carbocycles. The van der Waals surface area contributed by atoms with Crippen molar-refractivity contribution < 1.29 is 28.2 Å². The molecule has 1 atom stereocenters. The van der Waals surface area contributed by atoms with Crippen LogP contribution in [0.1, 0.15) is 18.9 Å². The zero-order valence-electron chi connectivity index (χ0n) is 20.0. The predicted molar refractivity (Wildman–Crippen MR) is 139 cm³/mol. The minimum atomic E-state index is -0.657. The number of thioether (sulfide) groups is 1. The number of halogens is 1. The summed E-state index contributed by atoms with van der Waals surface area (Å²) < 4.78 is 29.6. The van der Waals surface area contributed by atoms with E-state index in [1.54, 1.807) is 35.2 Å². The number of nitrogens with zero attached hydrogens (tertiary/aromatic N) is 2. The number of anilines is 1. The Morgan fingerprint density at radius 1 is 1.11 bits per heavy atom. The number of carbonyl (C=O) groups excluding carboxylic acids is 2. The quantitative estimate of drug-likeness (QED) is 0.443. The average molecular weight is 522 g/mol. The van der Waals surface area contributed by atoms with Gasteiger partial charge in [0.05, 0.1) is 18.8 Å². The van der Waals surface area contributed by atoms with E-state index in [0.29, 0.717) is 40.4 Å². The molecular formula is C27H24FN3O5S. The van der Waals surface area contributed by atoms with Crippen molar-refractivity contribution in [1.29, 1.82) is 0 Å². The number of benzene rings is 3. The Hall–Kier alpha value is -4.05. The zero-order chi connectivity index (χ0) is 25.8. The summed E-state index contributed by atoms with van der Waals surface area (Å²) in [5, 5.41) is 2.61. The van der Waals surface area contributed by atoms with E-state index in [1.807, 2.05) is 19.1 Å². The van der Waals surface area contributed by atoms with Crippen LogP contribution in [0.3, 0.4) is 0 Å². The molecule has 2 aliphatic rings. The van der Waals surface area contributed by atoms with E-state index in [2.05, 4.69) is 10.3 Å². The van der Waals surface area contributed by atoms with Gasteiger partial charge in [-0.1, -0.05) is 17.8 Å². The molecule has 1 N–H and O–H groups in total. The summed E-state index contributed by atoms with van der Waals surface area (Å²) in [5.74, 6) is 1.07. The second-order valence-corrected chi connectivity index (χ2v) is 9.47. The average Bonchev–Trinajstić information content (AvgIpc) is 3.47. The van der Waals surface area contributed by atoms with E-state index in [9.17, 15) is 14.0 Å². The molecule has 0 radical (unpaired) electrons. The van der Waals surface area contributed by atoms with Crippen molar-refractivity contribution >= 4 is 40.1 Å². The van der Waals surface area contributed by atoms with Crippen molar-refractivity contribution in [2.24, 2.45) is 4.99 Å². The summed E-state index contributed by atoms with van der Waals surface area (Å²) in [5.41, 5.74) is 1.94. The molecule has 3 aromatic rings. The van der Waals surface area contributed by atoms with Crippen LogP contribution in [0, 0.1) is 5.82 Å². The molecule has 0 unspecified atom stereocenters. The molecule has 10 heteroatoms. The highest BCUT2D eigenvalue weighted by Gasteiger charge is 2.39. The SMILES string of the molecule is CCOc1ccc(NC(=O)C[C@H]2SC(=Nc3ccc(F)cc3)N(Cc3ccc4c(c3)OCO4)C2=O)cc1. The van der Waals surface area contributed by atoms with E-state index in [-0.39, 0.29) is 37.4 Å². The summed E-state index contributed by atoms with van der Waals surface area (Å²) in [6.07, 6.45) is -0.0310. The van der Waals surface area contributed by atoms with E-state index in [4.69, 9.17) is 14.2 Å². The Labute approximate surface area is 217 Å². The Morgan fingerprint density at radius 3 is 2.62 bits per heavy atom. The first-order valence-electron chi connectivity index (χ1n) is 11.7. The van der Waals surface area contributed by atoms with Crippen LogP contribution >= 0.6 is 11.8 Å². The lowest BCUT2D eigenvalue weighted by atomic mass is 10.1. The van der Waals surface area contributed by atoms with Gasteiger partial charge in [-0.15, -0.1) is 0 Å². The lowest BCUT2D eigenvalue weighted by molar-refractivity contribution is -0.128. The highest BCUT2D eigenvalue weighted by Crippen LogP contribution is 2.36. The standard InChI is InChI=1S/C27H24FN3O5S/c1-2-34-21-10-8-19(9-11-21)29-25(32)14-24-26(33)31(15-17-3-12-22-23(13-17)36-16-35-22)27(37-24)30-20-6-4-18(28)5-7-20/h3-13,24H,2,14-16H2,1H3,(H,29,32)/t24-/m1/s1. The summed E-state index contributed by atoms with van der Waals surface area (Å²) in [7, 11) is 0. The summed E-state index contributed by atoms with van der Waals surface area (Å²) in [6, 6.07) is 18.2. The number of nitrogens with one attached hydrogen (secondary N) is 1. The van der Waals surface area contributed by atoms with Gasteiger partial charge in [0.2, 0.25) is 18.6 Å². The number of amidine groups is 1. The van der Waals surface area contributed by atoms with Gasteiger partial charge in [-0.05, 0) is 73.2 Å². The van der Waals surface area contributed by atoms with Crippen LogP contribution in [-0.2, 0) is 16.1 Å². The maximum atomic E-state index is 13.4. The number of hydrogen-bond acceptors (Lipinski definition) is 7. The van der Waals surface area contributed by atoms with Gasteiger partial charge in [0.25, 0.3) is 0 Å². The highest BCUT2D eigenvalue weighted by molar-refractivity contribution is 8.15. The molecule has 37 heavy (non-hydrogen) atoms. The van der Waals surface area contributed by atoms with Crippen molar-refractivity contribution in [1.82, 2.24) is 4.90 Å². The summed E-state index contributed by atoms with van der Waals surface area (Å²) in [4.78, 5) is 32.3. The number of fused-ring (bicyclic) bond motifs is 1. The van der Waals surface area contributed by atoms with Crippen LogP contribution in [0.5, 0.6) is 17.2 Å². The Bertz CT molecular complexity index is 1330. The maximum absolute atomic E-state index is 13.4. The van der Waals surface area contributed by atoms with Crippen LogP contribution in [0.25, 0.3) is 0 Å². The first kappa shape index (κ1) is 24.6. The number of carbonyl (C=O) groups is 2. The van der Waals surface area contributed by atoms with Gasteiger partial charge in [-0.3, -0.25) is 14.5 Å². The van der Waals surface area contributed by atoms with Gasteiger partial charge in [0.1, 0.15) is 16.8 Å². The topological polar surface area (TPSA) is 89.5 Å². The van der Waals surface area contributed by atoms with Crippen molar-refractivity contribution in [3.05, 3.63) is 78.1 Å². The van der Waals surface area contributed by atoms with Crippen LogP contribution in [0.4, 0.5) is 15.8 Å². The molecule has 190 valence electrons. The van der Waals surface area contributed by atoms with E-state index in [1.165, 1.54) is 36.0 Å². The first-order valence-corrected chi connectivity index (χ1v) is 12.6. The fourth-order valence-electron chi connectivity index (χ4n) is 3.90. The number of amides is 2. The van der Waals surface area contributed by atoms with Crippen LogP contribution in [-0.4, -0.2) is 40.5 Å². The molecule has 0 spiro atoms. The molecular weight excluding hydrogens is 497 g/mol. The van der Waals surface area contributed by atoms with Crippen molar-refractivity contribution in [3.63, 3.8) is 0 Å². The number of ether oxygens (including phenoxy) is 3. The van der Waals surface area contributed by atoms with E-state index < -0.39 is 5.25 Å². The van der Waals surface area contributed by atoms with Crippen LogP contribution in [0.15, 0.2) is 71.7 Å². The number of aliphatic imine (C=N–C) groups is 1. The fraction of sp³-hybridized carbons (Fsp3) is 0.222. The Morgan fingerprint density at radius 2 is 1.86 bits per heavy atom. The largest absolute Gasteiger partial charge is 0.494 e. The normalized spacial score (nSPS) is 17.4. The maximum Gasteiger partial charge on any atom is 0.242 e. The van der Waals surface area contributed by atoms with Gasteiger partial charge < -0.3 is 19.5 Å². The molecule has 0 aromatic heterocycles. The van der Waals surface area contributed by atoms with Gasteiger partial charge >= 0.3 is 0 Å². The highest BCUT2D eigenvalue weighted by atomic mass is 32.2. The second-order valence-electron chi connectivity index (χ2n) is 8.30. The van der Waals surface area contributed by atoms with Crippen molar-refractivity contribution in [2.45, 2.75) is 25.1 Å². The summed E-state index contributed by atoms with van der Waals surface area (Å²) >= 11 is 1.21. The van der Waals surface area contributed by atoms with Crippen molar-refractivity contribution in [2.75, 3.05) is 18.7 Å². The minimum absolute atomic E-state index is 0.0310. The lowest BCUT2D eigenvalue weighted by Crippen LogP contribution is -2.33. The molecule has 2 amide bonds. The molecule has 2 heterocycles. The Kier molecular flexibility index (Phi) is 7.27. The number of hydrogen-bond donors (Lipinski definition) is 1. The van der Waals surface area contributed by atoms with E-state index >= 15 is 0 Å². The monoisotopic (exact) mass is 521 g/mol. The van der Waals surface area contributed by atoms with Crippen LogP contribution in [0.2, 0.25) is 0 Å². The van der Waals surface area contributed by atoms with Gasteiger partial charge in [-0.2, -0.15) is 0 Å². The first-order chi connectivity index (χ1) is 18.0. The minimum Gasteiger partial charge on any atom is -0.494 e. The molecule has 1 saturated heterocycles. The smallest absolute Gasteiger partial charge is 0.242 e. The lowest BCUT2D eigenvalue weighted by Gasteiger charge is -2.17. The third-order valence-electron chi connectivity index (χ3n) is 5.67. The third kappa shape index (κ3) is 5.86. The van der Waals surface area contributed by atoms with Gasteiger partial charge in [0.15, 0.2) is 16.7 Å². The fourth-order valence-corrected chi connectivity index (χ4v) is 5.06. The zero-order valence-corrected chi connectivity index (χ0v) is 20.8. The number of rotatable bonds is 8. The molecule has 5 rings (SSSR count). The van der Waals surface area contributed by atoms with Gasteiger partial charge in [-0.25, -0.2) is 9.38 Å². The second kappa shape index (κ2) is 10.9. The van der Waals surface area contributed by atoms with Crippen LogP contribution < -0.4 is 19.5 Å². The predicted octanol–water partition coefficient (Wildman–Crippen LogP) is 5.11. The molecule has 3 aromatic carbocycles. The Balaban J connectivity index is 1.33. The molecule has 0 bridgehead atoms.